The fourth-order valence-corrected chi connectivity index (χ4v) is 10.3. The first-order valence-electron chi connectivity index (χ1n) is 23.5. The van der Waals surface area contributed by atoms with Gasteiger partial charge in [-0.05, 0) is 118 Å². The van der Waals surface area contributed by atoms with Crippen LogP contribution in [-0.2, 0) is 0 Å². The Morgan fingerprint density at radius 3 is 1.51 bits per heavy atom. The highest BCUT2D eigenvalue weighted by molar-refractivity contribution is 6.15. The number of hydrogen-bond donors (Lipinski definition) is 0. The van der Waals surface area contributed by atoms with Crippen molar-refractivity contribution in [1.82, 2.24) is 15.0 Å². The molecule has 0 N–H and O–H groups in total. The van der Waals surface area contributed by atoms with Gasteiger partial charge in [0.25, 0.3) is 0 Å². The first kappa shape index (κ1) is 40.7. The van der Waals surface area contributed by atoms with E-state index < -0.39 is 0 Å². The van der Waals surface area contributed by atoms with E-state index in [9.17, 15) is 0 Å². The Morgan fingerprint density at radius 1 is 0.243 bits per heavy atom. The Balaban J connectivity index is 0.872. The van der Waals surface area contributed by atoms with E-state index in [1.807, 2.05) is 54.6 Å². The molecule has 0 amide bonds. The summed E-state index contributed by atoms with van der Waals surface area (Å²) in [7, 11) is 0. The monoisotopic (exact) mass is 888 g/mol. The molecule has 0 fully saturated rings. The SMILES string of the molecule is [C-]#[N+]c1ccc(-c2ccccc2-c2ccc(-c3ccc4c(c3)-c3cccc5cccc-4c35)cc2)cc1-c1ccccc1-c1nc(-c2ccccc2)nc(-c2cccc(-c3ccc4ccccc4c3)c2)n1. The van der Waals surface area contributed by atoms with E-state index in [1.54, 1.807) is 0 Å². The maximum absolute atomic E-state index is 8.37. The third-order valence-corrected chi connectivity index (χ3v) is 13.7. The van der Waals surface area contributed by atoms with Gasteiger partial charge in [-0.25, -0.2) is 19.8 Å². The van der Waals surface area contributed by atoms with Gasteiger partial charge in [0.15, 0.2) is 23.2 Å². The van der Waals surface area contributed by atoms with Gasteiger partial charge >= 0.3 is 0 Å². The van der Waals surface area contributed by atoms with Crippen LogP contribution < -0.4 is 0 Å². The fourth-order valence-electron chi connectivity index (χ4n) is 10.3. The lowest BCUT2D eigenvalue weighted by molar-refractivity contribution is 1.07. The summed E-state index contributed by atoms with van der Waals surface area (Å²) in [4.78, 5) is 19.5. The minimum atomic E-state index is 0.530. The molecule has 0 aliphatic heterocycles. The molecule has 0 radical (unpaired) electrons. The Hall–Kier alpha value is -9.56. The molecule has 0 bridgehead atoms. The summed E-state index contributed by atoms with van der Waals surface area (Å²) >= 11 is 0. The van der Waals surface area contributed by atoms with Crippen LogP contribution in [0.3, 0.4) is 0 Å². The van der Waals surface area contributed by atoms with Gasteiger partial charge in [-0.3, -0.25) is 0 Å². The highest BCUT2D eigenvalue weighted by Gasteiger charge is 2.22. The summed E-state index contributed by atoms with van der Waals surface area (Å²) < 4.78 is 0. The van der Waals surface area contributed by atoms with Crippen LogP contribution in [0.25, 0.3) is 138 Å². The Kier molecular flexibility index (Phi) is 9.85. The second kappa shape index (κ2) is 16.9. The topological polar surface area (TPSA) is 43.0 Å². The molecule has 12 aromatic rings. The van der Waals surface area contributed by atoms with E-state index in [2.05, 4.69) is 193 Å². The molecule has 324 valence electrons. The average molecular weight is 889 g/mol. The van der Waals surface area contributed by atoms with Gasteiger partial charge in [0.1, 0.15) is 0 Å². The van der Waals surface area contributed by atoms with Crippen LogP contribution in [0.4, 0.5) is 5.69 Å². The molecule has 0 saturated heterocycles. The molecular formula is C66H40N4. The van der Waals surface area contributed by atoms with Crippen molar-refractivity contribution in [3.63, 3.8) is 0 Å². The molecule has 4 nitrogen and oxygen atoms in total. The second-order valence-corrected chi connectivity index (χ2v) is 17.8. The van der Waals surface area contributed by atoms with Gasteiger partial charge in [0, 0.05) is 16.7 Å². The quantitative estimate of drug-likeness (QED) is 0.143. The zero-order chi connectivity index (χ0) is 46.5. The Bertz CT molecular complexity index is 4070. The molecule has 0 spiro atoms. The molecule has 1 aromatic heterocycles. The molecule has 1 aliphatic rings. The predicted molar refractivity (Wildman–Crippen MR) is 289 cm³/mol. The van der Waals surface area contributed by atoms with Crippen LogP contribution in [-0.4, -0.2) is 15.0 Å². The minimum Gasteiger partial charge on any atom is -0.238 e. The lowest BCUT2D eigenvalue weighted by Crippen LogP contribution is -2.01. The van der Waals surface area contributed by atoms with Gasteiger partial charge in [0.05, 0.1) is 6.57 Å². The number of hydrogen-bond acceptors (Lipinski definition) is 3. The molecule has 0 atom stereocenters. The summed E-state index contributed by atoms with van der Waals surface area (Å²) in [6.45, 7) is 8.37. The number of fused-ring (bicyclic) bond motifs is 4. The normalized spacial score (nSPS) is 11.4. The van der Waals surface area contributed by atoms with Gasteiger partial charge in [-0.15, -0.1) is 0 Å². The van der Waals surface area contributed by atoms with E-state index in [-0.39, 0.29) is 0 Å². The first-order chi connectivity index (χ1) is 34.6. The van der Waals surface area contributed by atoms with Crippen molar-refractivity contribution in [2.24, 2.45) is 0 Å². The second-order valence-electron chi connectivity index (χ2n) is 17.8. The van der Waals surface area contributed by atoms with Crippen molar-refractivity contribution in [2.45, 2.75) is 0 Å². The van der Waals surface area contributed by atoms with Crippen LogP contribution in [0, 0.1) is 6.57 Å². The molecule has 0 unspecified atom stereocenters. The smallest absolute Gasteiger partial charge is 0.194 e. The van der Waals surface area contributed by atoms with Crippen LogP contribution in [0.15, 0.2) is 243 Å². The number of benzene rings is 11. The third kappa shape index (κ3) is 7.13. The van der Waals surface area contributed by atoms with E-state index >= 15 is 0 Å². The van der Waals surface area contributed by atoms with Crippen LogP contribution in [0.1, 0.15) is 0 Å². The molecule has 1 heterocycles. The largest absolute Gasteiger partial charge is 0.238 e. The van der Waals surface area contributed by atoms with Gasteiger partial charge in [0.2, 0.25) is 0 Å². The highest BCUT2D eigenvalue weighted by atomic mass is 15.0. The standard InChI is InChI=1S/C66H40N4/c1-67-62-37-35-51(54-23-8-7-22-53(54)44-31-28-43(29-32-44)50-34-36-56-57-26-12-18-45-19-13-27-58(63(45)57)60(56)40-50)41-61(62)55-24-9-10-25-59(55)66-69-64(46-15-3-2-4-16-46)68-65(70-66)52-21-11-20-48(39-52)49-33-30-42-14-5-6-17-47(42)38-49/h2-41H. The van der Waals surface area contributed by atoms with Crippen molar-refractivity contribution in [3.05, 3.63) is 254 Å². The summed E-state index contributed by atoms with van der Waals surface area (Å²) in [5, 5.41) is 5.01. The Morgan fingerprint density at radius 2 is 0.729 bits per heavy atom. The van der Waals surface area contributed by atoms with E-state index in [1.165, 1.54) is 54.9 Å². The van der Waals surface area contributed by atoms with Crippen molar-refractivity contribution in [1.29, 1.82) is 0 Å². The molecule has 13 rings (SSSR count). The zero-order valence-corrected chi connectivity index (χ0v) is 37.9. The molecule has 11 aromatic carbocycles. The highest BCUT2D eigenvalue weighted by Crippen LogP contribution is 2.49. The summed E-state index contributed by atoms with van der Waals surface area (Å²) in [6.07, 6.45) is 0. The third-order valence-electron chi connectivity index (χ3n) is 13.7. The fraction of sp³-hybridized carbons (Fsp3) is 0. The minimum absolute atomic E-state index is 0.530. The van der Waals surface area contributed by atoms with Crippen molar-refractivity contribution in [2.75, 3.05) is 0 Å². The maximum Gasteiger partial charge on any atom is 0.194 e. The molecular weight excluding hydrogens is 849 g/mol. The molecule has 4 heteroatoms. The van der Waals surface area contributed by atoms with Crippen LogP contribution in [0.5, 0.6) is 0 Å². The number of nitrogens with zero attached hydrogens (tertiary/aromatic N) is 4. The maximum atomic E-state index is 8.37. The van der Waals surface area contributed by atoms with Crippen molar-refractivity contribution in [3.8, 4) is 112 Å². The molecule has 0 saturated carbocycles. The van der Waals surface area contributed by atoms with E-state index in [0.717, 1.165) is 61.2 Å². The van der Waals surface area contributed by atoms with Crippen molar-refractivity contribution >= 4 is 27.2 Å². The zero-order valence-electron chi connectivity index (χ0n) is 37.9. The van der Waals surface area contributed by atoms with Crippen molar-refractivity contribution < 1.29 is 0 Å². The average Bonchev–Trinajstić information content (AvgIpc) is 3.76. The van der Waals surface area contributed by atoms with E-state index in [0.29, 0.717) is 23.2 Å². The number of aromatic nitrogens is 3. The first-order valence-corrected chi connectivity index (χ1v) is 23.5. The van der Waals surface area contributed by atoms with Crippen LogP contribution in [0.2, 0.25) is 0 Å². The number of rotatable bonds is 8. The summed E-state index contributed by atoms with van der Waals surface area (Å²) in [5.41, 5.74) is 18.9. The summed E-state index contributed by atoms with van der Waals surface area (Å²) in [5.74, 6) is 1.67. The van der Waals surface area contributed by atoms with Crippen LogP contribution >= 0.6 is 0 Å². The van der Waals surface area contributed by atoms with Gasteiger partial charge in [-0.1, -0.05) is 224 Å². The molecule has 1 aliphatic carbocycles. The lowest BCUT2D eigenvalue weighted by atomic mass is 9.90. The summed E-state index contributed by atoms with van der Waals surface area (Å²) in [6, 6.07) is 85.2. The van der Waals surface area contributed by atoms with Gasteiger partial charge in [-0.2, -0.15) is 0 Å². The lowest BCUT2D eigenvalue weighted by Gasteiger charge is -2.16. The van der Waals surface area contributed by atoms with E-state index in [4.69, 9.17) is 21.5 Å². The molecule has 70 heavy (non-hydrogen) atoms. The van der Waals surface area contributed by atoms with Gasteiger partial charge < -0.3 is 0 Å². The Labute approximate surface area is 406 Å². The predicted octanol–water partition coefficient (Wildman–Crippen LogP) is 17.7.